The van der Waals surface area contributed by atoms with Crippen molar-refractivity contribution >= 4 is 28.4 Å². The van der Waals surface area contributed by atoms with Crippen molar-refractivity contribution in [2.75, 3.05) is 7.11 Å². The second-order valence-corrected chi connectivity index (χ2v) is 4.83. The van der Waals surface area contributed by atoms with Gasteiger partial charge in [0.25, 0.3) is 0 Å². The Bertz CT molecular complexity index is 558. The minimum absolute atomic E-state index is 0.159. The summed E-state index contributed by atoms with van der Waals surface area (Å²) in [5.41, 5.74) is 0.522. The van der Waals surface area contributed by atoms with E-state index >= 15 is 0 Å². The number of ketones is 1. The maximum atomic E-state index is 12.2. The van der Waals surface area contributed by atoms with Crippen LogP contribution >= 0.6 is 22.6 Å². The quantitative estimate of drug-likeness (QED) is 0.634. The van der Waals surface area contributed by atoms with Crippen LogP contribution in [0.4, 0.5) is 0 Å². The molecule has 0 atom stereocenters. The Morgan fingerprint density at radius 3 is 2.65 bits per heavy atom. The van der Waals surface area contributed by atoms with Crippen molar-refractivity contribution in [3.63, 3.8) is 0 Å². The first-order valence-corrected chi connectivity index (χ1v) is 6.14. The smallest absolute Gasteiger partial charge is 0.231 e. The van der Waals surface area contributed by atoms with E-state index in [1.165, 1.54) is 0 Å². The van der Waals surface area contributed by atoms with E-state index < -0.39 is 0 Å². The Balaban J connectivity index is 2.46. The Kier molecular flexibility index (Phi) is 3.51. The van der Waals surface area contributed by atoms with Crippen LogP contribution in [0.3, 0.4) is 0 Å². The van der Waals surface area contributed by atoms with E-state index in [4.69, 9.17) is 9.15 Å². The van der Waals surface area contributed by atoms with E-state index in [2.05, 4.69) is 22.6 Å². The van der Waals surface area contributed by atoms with Crippen LogP contribution in [0.25, 0.3) is 0 Å². The number of carbonyl (C=O) groups is 1. The first kappa shape index (κ1) is 12.2. The minimum Gasteiger partial charge on any atom is -0.496 e. The molecule has 0 saturated carbocycles. The molecule has 0 N–H and O–H groups in total. The third kappa shape index (κ3) is 2.52. The van der Waals surface area contributed by atoms with Crippen LogP contribution in [0.5, 0.6) is 5.75 Å². The molecule has 3 nitrogen and oxygen atoms in total. The molecule has 0 unspecified atom stereocenters. The highest BCUT2D eigenvalue weighted by molar-refractivity contribution is 14.1. The van der Waals surface area contributed by atoms with E-state index in [0.29, 0.717) is 17.1 Å². The molecule has 0 aliphatic heterocycles. The van der Waals surface area contributed by atoms with Gasteiger partial charge >= 0.3 is 0 Å². The number of furan rings is 1. The molecule has 0 saturated heterocycles. The second kappa shape index (κ2) is 4.91. The highest BCUT2D eigenvalue weighted by atomic mass is 127. The zero-order valence-electron chi connectivity index (χ0n) is 9.49. The maximum Gasteiger partial charge on any atom is 0.231 e. The predicted molar refractivity (Wildman–Crippen MR) is 72.6 cm³/mol. The molecule has 0 amide bonds. The van der Waals surface area contributed by atoms with E-state index in [-0.39, 0.29) is 5.78 Å². The molecular weight excluding hydrogens is 331 g/mol. The SMILES string of the molecule is COc1ccc(I)cc1C(=O)c1ccc(C)o1. The molecule has 2 rings (SSSR count). The van der Waals surface area contributed by atoms with Gasteiger partial charge in [-0.15, -0.1) is 0 Å². The Morgan fingerprint density at radius 2 is 2.06 bits per heavy atom. The third-order valence-corrected chi connectivity index (χ3v) is 3.04. The average Bonchev–Trinajstić information content (AvgIpc) is 2.75. The Hall–Kier alpha value is -1.30. The topological polar surface area (TPSA) is 39.4 Å². The van der Waals surface area contributed by atoms with Crippen LogP contribution in [0.2, 0.25) is 0 Å². The van der Waals surface area contributed by atoms with Crippen molar-refractivity contribution in [3.05, 3.63) is 51.0 Å². The lowest BCUT2D eigenvalue weighted by atomic mass is 10.1. The fourth-order valence-electron chi connectivity index (χ4n) is 1.55. The first-order chi connectivity index (χ1) is 8.11. The third-order valence-electron chi connectivity index (χ3n) is 2.37. The fourth-order valence-corrected chi connectivity index (χ4v) is 2.04. The lowest BCUT2D eigenvalue weighted by molar-refractivity contribution is 0.100. The standard InChI is InChI=1S/C13H11IO3/c1-8-3-5-12(17-8)13(15)10-7-9(14)4-6-11(10)16-2/h3-7H,1-2H3. The molecular formula is C13H11IO3. The number of halogens is 1. The van der Waals surface area contributed by atoms with Crippen LogP contribution in [0, 0.1) is 10.5 Å². The van der Waals surface area contributed by atoms with Crippen molar-refractivity contribution in [2.45, 2.75) is 6.92 Å². The number of aryl methyl sites for hydroxylation is 1. The van der Waals surface area contributed by atoms with E-state index in [1.807, 2.05) is 13.0 Å². The van der Waals surface area contributed by atoms with Gasteiger partial charge in [-0.25, -0.2) is 0 Å². The Labute approximate surface area is 113 Å². The van der Waals surface area contributed by atoms with Crippen LogP contribution in [0.1, 0.15) is 21.9 Å². The van der Waals surface area contributed by atoms with Crippen molar-refractivity contribution in [2.24, 2.45) is 0 Å². The number of carbonyl (C=O) groups excluding carboxylic acids is 1. The maximum absolute atomic E-state index is 12.2. The van der Waals surface area contributed by atoms with Gasteiger partial charge in [-0.05, 0) is 59.8 Å². The Morgan fingerprint density at radius 1 is 1.29 bits per heavy atom. The van der Waals surface area contributed by atoms with Crippen molar-refractivity contribution in [3.8, 4) is 5.75 Å². The summed E-state index contributed by atoms with van der Waals surface area (Å²) in [6.45, 7) is 1.81. The van der Waals surface area contributed by atoms with E-state index in [1.54, 1.807) is 31.4 Å². The van der Waals surface area contributed by atoms with Gasteiger partial charge in [-0.3, -0.25) is 4.79 Å². The average molecular weight is 342 g/mol. The summed E-state index contributed by atoms with van der Waals surface area (Å²) in [6.07, 6.45) is 0. The van der Waals surface area contributed by atoms with Gasteiger partial charge in [-0.2, -0.15) is 0 Å². The number of hydrogen-bond acceptors (Lipinski definition) is 3. The van der Waals surface area contributed by atoms with Gasteiger partial charge in [0.05, 0.1) is 12.7 Å². The molecule has 0 spiro atoms. The summed E-state index contributed by atoms with van der Waals surface area (Å²) < 4.78 is 11.5. The normalized spacial score (nSPS) is 10.3. The molecule has 0 bridgehead atoms. The highest BCUT2D eigenvalue weighted by Crippen LogP contribution is 2.24. The monoisotopic (exact) mass is 342 g/mol. The largest absolute Gasteiger partial charge is 0.496 e. The van der Waals surface area contributed by atoms with E-state index in [0.717, 1.165) is 9.33 Å². The molecule has 2 aromatic rings. The van der Waals surface area contributed by atoms with Gasteiger partial charge < -0.3 is 9.15 Å². The van der Waals surface area contributed by atoms with Crippen molar-refractivity contribution < 1.29 is 13.9 Å². The van der Waals surface area contributed by atoms with Crippen LogP contribution in [-0.2, 0) is 0 Å². The number of ether oxygens (including phenoxy) is 1. The fraction of sp³-hybridized carbons (Fsp3) is 0.154. The predicted octanol–water partition coefficient (Wildman–Crippen LogP) is 3.43. The molecule has 88 valence electrons. The molecule has 1 aromatic carbocycles. The number of hydrogen-bond donors (Lipinski definition) is 0. The number of benzene rings is 1. The molecule has 0 aliphatic rings. The highest BCUT2D eigenvalue weighted by Gasteiger charge is 2.17. The zero-order valence-corrected chi connectivity index (χ0v) is 11.6. The first-order valence-electron chi connectivity index (χ1n) is 5.06. The molecule has 1 heterocycles. The van der Waals surface area contributed by atoms with Crippen LogP contribution in [0.15, 0.2) is 34.7 Å². The molecule has 0 aliphatic carbocycles. The van der Waals surface area contributed by atoms with Gasteiger partial charge in [0.2, 0.25) is 5.78 Å². The minimum atomic E-state index is -0.159. The van der Waals surface area contributed by atoms with Gasteiger partial charge in [0, 0.05) is 3.57 Å². The number of rotatable bonds is 3. The van der Waals surface area contributed by atoms with E-state index in [9.17, 15) is 4.79 Å². The van der Waals surface area contributed by atoms with Gasteiger partial charge in [-0.1, -0.05) is 0 Å². The lowest BCUT2D eigenvalue weighted by Gasteiger charge is -2.06. The molecule has 17 heavy (non-hydrogen) atoms. The number of methoxy groups -OCH3 is 1. The van der Waals surface area contributed by atoms with Crippen molar-refractivity contribution in [1.82, 2.24) is 0 Å². The molecule has 1 aromatic heterocycles. The summed E-state index contributed by atoms with van der Waals surface area (Å²) in [7, 11) is 1.55. The van der Waals surface area contributed by atoms with Crippen molar-refractivity contribution in [1.29, 1.82) is 0 Å². The zero-order chi connectivity index (χ0) is 12.4. The summed E-state index contributed by atoms with van der Waals surface area (Å²) in [5, 5.41) is 0. The summed E-state index contributed by atoms with van der Waals surface area (Å²) in [6, 6.07) is 8.92. The molecule has 4 heteroatoms. The second-order valence-electron chi connectivity index (χ2n) is 3.58. The molecule has 0 fully saturated rings. The van der Waals surface area contributed by atoms with Crippen LogP contribution in [-0.4, -0.2) is 12.9 Å². The van der Waals surface area contributed by atoms with Crippen LogP contribution < -0.4 is 4.74 Å². The summed E-state index contributed by atoms with van der Waals surface area (Å²) in [4.78, 5) is 12.2. The molecule has 0 radical (unpaired) electrons. The van der Waals surface area contributed by atoms with Gasteiger partial charge in [0.1, 0.15) is 11.5 Å². The summed E-state index contributed by atoms with van der Waals surface area (Å²) >= 11 is 2.16. The summed E-state index contributed by atoms with van der Waals surface area (Å²) in [5.74, 6) is 1.46. The lowest BCUT2D eigenvalue weighted by Crippen LogP contribution is -2.03. The van der Waals surface area contributed by atoms with Gasteiger partial charge in [0.15, 0.2) is 5.76 Å².